The molecule has 0 N–H and O–H groups in total. The lowest BCUT2D eigenvalue weighted by Crippen LogP contribution is -2.15. The molecule has 0 aliphatic heterocycles. The minimum atomic E-state index is -0.183. The van der Waals surface area contributed by atoms with E-state index in [1.54, 1.807) is 12.3 Å². The zero-order valence-electron chi connectivity index (χ0n) is 9.06. The average Bonchev–Trinajstić information content (AvgIpc) is 2.50. The molecular formula is C9H16N4O. The van der Waals surface area contributed by atoms with Gasteiger partial charge in [0.1, 0.15) is 0 Å². The lowest BCUT2D eigenvalue weighted by Gasteiger charge is -2.17. The number of rotatable bonds is 3. The van der Waals surface area contributed by atoms with Crippen molar-refractivity contribution in [3.63, 3.8) is 0 Å². The molecule has 0 aliphatic rings. The molecule has 0 saturated carbocycles. The van der Waals surface area contributed by atoms with E-state index in [4.69, 9.17) is 4.74 Å². The van der Waals surface area contributed by atoms with Gasteiger partial charge in [-0.1, -0.05) is 0 Å². The predicted molar refractivity (Wildman–Crippen MR) is 53.4 cm³/mol. The molecule has 5 nitrogen and oxygen atoms in total. The quantitative estimate of drug-likeness (QED) is 0.687. The van der Waals surface area contributed by atoms with Crippen molar-refractivity contribution in [2.24, 2.45) is 0 Å². The summed E-state index contributed by atoms with van der Waals surface area (Å²) in [5.41, 5.74) is -0.183. The summed E-state index contributed by atoms with van der Waals surface area (Å²) in [4.78, 5) is 1.52. The van der Waals surface area contributed by atoms with Crippen LogP contribution in [-0.2, 0) is 11.3 Å². The van der Waals surface area contributed by atoms with E-state index in [0.29, 0.717) is 5.82 Å². The Labute approximate surface area is 83.8 Å². The first-order chi connectivity index (χ1) is 6.51. The molecule has 0 spiro atoms. The van der Waals surface area contributed by atoms with Crippen LogP contribution in [0, 0.1) is 0 Å². The Hall–Kier alpha value is -1.39. The van der Waals surface area contributed by atoms with Crippen LogP contribution in [0.5, 0.6) is 0 Å². The first-order valence-corrected chi connectivity index (χ1v) is 4.63. The topological polar surface area (TPSA) is 52.8 Å². The number of hydrogen-bond donors (Lipinski definition) is 0. The molecule has 5 heteroatoms. The number of ether oxygens (including phenoxy) is 1. The van der Waals surface area contributed by atoms with Crippen LogP contribution < -0.4 is 0 Å². The molecule has 0 fully saturated rings. The van der Waals surface area contributed by atoms with E-state index in [-0.39, 0.29) is 5.60 Å². The third-order valence-corrected chi connectivity index (χ3v) is 1.39. The van der Waals surface area contributed by atoms with E-state index in [9.17, 15) is 0 Å². The van der Waals surface area contributed by atoms with E-state index >= 15 is 0 Å². The minimum Gasteiger partial charge on any atom is -0.496 e. The van der Waals surface area contributed by atoms with Gasteiger partial charge in [0.05, 0.1) is 18.4 Å². The van der Waals surface area contributed by atoms with Crippen molar-refractivity contribution in [3.8, 4) is 0 Å². The Kier molecular flexibility index (Phi) is 3.22. The van der Waals surface area contributed by atoms with Crippen LogP contribution in [0.4, 0.5) is 0 Å². The van der Waals surface area contributed by atoms with Gasteiger partial charge in [-0.25, -0.2) is 0 Å². The summed E-state index contributed by atoms with van der Waals surface area (Å²) in [5, 5.41) is 11.7. The Morgan fingerprint density at radius 1 is 1.43 bits per heavy atom. The molecule has 0 aromatic carbocycles. The first-order valence-electron chi connectivity index (χ1n) is 4.63. The van der Waals surface area contributed by atoms with Crippen LogP contribution in [0.3, 0.4) is 0 Å². The van der Waals surface area contributed by atoms with Gasteiger partial charge < -0.3 is 4.74 Å². The first kappa shape index (κ1) is 10.7. The zero-order chi connectivity index (χ0) is 10.6. The Morgan fingerprint density at radius 3 is 2.64 bits per heavy atom. The van der Waals surface area contributed by atoms with Crippen LogP contribution in [0.1, 0.15) is 33.5 Å². The Bertz CT molecular complexity index is 311. The summed E-state index contributed by atoms with van der Waals surface area (Å²) in [6.07, 6.45) is 3.29. The van der Waals surface area contributed by atoms with Gasteiger partial charge in [0, 0.05) is 6.08 Å². The summed E-state index contributed by atoms with van der Waals surface area (Å²) < 4.78 is 5.38. The van der Waals surface area contributed by atoms with Gasteiger partial charge in [0.2, 0.25) is 5.82 Å². The molecule has 1 rings (SSSR count). The maximum Gasteiger partial charge on any atom is 0.200 e. The van der Waals surface area contributed by atoms with Gasteiger partial charge in [-0.15, -0.1) is 10.2 Å². The van der Waals surface area contributed by atoms with Gasteiger partial charge in [0.25, 0.3) is 0 Å². The van der Waals surface area contributed by atoms with Crippen LogP contribution in [0.2, 0.25) is 0 Å². The van der Waals surface area contributed by atoms with Crippen molar-refractivity contribution < 1.29 is 4.74 Å². The number of nitrogens with zero attached hydrogens (tertiary/aromatic N) is 4. The standard InChI is InChI=1S/C9H16N4O/c1-5-13-11-8(10-12-13)6-7-14-9(2,3)4/h6-7H,5H2,1-4H3/b7-6+. The smallest absolute Gasteiger partial charge is 0.200 e. The predicted octanol–water partition coefficient (Wildman–Crippen LogP) is 1.48. The van der Waals surface area contributed by atoms with Crippen molar-refractivity contribution in [1.29, 1.82) is 0 Å². The second kappa shape index (κ2) is 4.21. The highest BCUT2D eigenvalue weighted by Crippen LogP contribution is 2.07. The number of aryl methyl sites for hydroxylation is 1. The summed E-state index contributed by atoms with van der Waals surface area (Å²) in [6, 6.07) is 0. The molecule has 0 aliphatic carbocycles. The highest BCUT2D eigenvalue weighted by Gasteiger charge is 2.07. The molecule has 14 heavy (non-hydrogen) atoms. The van der Waals surface area contributed by atoms with Crippen LogP contribution in [-0.4, -0.2) is 25.8 Å². The van der Waals surface area contributed by atoms with Gasteiger partial charge in [-0.3, -0.25) is 0 Å². The molecule has 0 radical (unpaired) electrons. The lowest BCUT2D eigenvalue weighted by atomic mass is 10.2. The molecular weight excluding hydrogens is 180 g/mol. The molecule has 1 aromatic heterocycles. The van der Waals surface area contributed by atoms with Crippen molar-refractivity contribution in [1.82, 2.24) is 20.2 Å². The molecule has 0 unspecified atom stereocenters. The fourth-order valence-electron chi connectivity index (χ4n) is 0.755. The highest BCUT2D eigenvalue weighted by atomic mass is 16.5. The SMILES string of the molecule is CCn1nnc(/C=C/OC(C)(C)C)n1. The summed E-state index contributed by atoms with van der Waals surface area (Å²) in [6.45, 7) is 8.62. The largest absolute Gasteiger partial charge is 0.496 e. The number of aromatic nitrogens is 4. The average molecular weight is 196 g/mol. The molecule has 78 valence electrons. The fraction of sp³-hybridized carbons (Fsp3) is 0.667. The minimum absolute atomic E-state index is 0.183. The lowest BCUT2D eigenvalue weighted by molar-refractivity contribution is 0.0783. The maximum absolute atomic E-state index is 5.38. The normalized spacial score (nSPS) is 12.3. The summed E-state index contributed by atoms with van der Waals surface area (Å²) in [5.74, 6) is 0.566. The molecule has 0 saturated heterocycles. The van der Waals surface area contributed by atoms with Crippen molar-refractivity contribution in [3.05, 3.63) is 12.1 Å². The van der Waals surface area contributed by atoms with E-state index in [2.05, 4.69) is 15.4 Å². The van der Waals surface area contributed by atoms with Crippen molar-refractivity contribution in [2.45, 2.75) is 39.8 Å². The maximum atomic E-state index is 5.38. The molecule has 1 heterocycles. The molecule has 0 amide bonds. The molecule has 1 aromatic rings. The van der Waals surface area contributed by atoms with Gasteiger partial charge >= 0.3 is 0 Å². The number of tetrazole rings is 1. The summed E-state index contributed by atoms with van der Waals surface area (Å²) in [7, 11) is 0. The fourth-order valence-corrected chi connectivity index (χ4v) is 0.755. The van der Waals surface area contributed by atoms with E-state index in [1.165, 1.54) is 4.80 Å². The third kappa shape index (κ3) is 3.55. The Balaban J connectivity index is 2.52. The second-order valence-corrected chi connectivity index (χ2v) is 3.87. The monoisotopic (exact) mass is 196 g/mol. The second-order valence-electron chi connectivity index (χ2n) is 3.87. The van der Waals surface area contributed by atoms with E-state index in [1.807, 2.05) is 27.7 Å². The van der Waals surface area contributed by atoms with Crippen molar-refractivity contribution in [2.75, 3.05) is 0 Å². The molecule has 0 atom stereocenters. The number of hydrogen-bond acceptors (Lipinski definition) is 4. The highest BCUT2D eigenvalue weighted by molar-refractivity contribution is 5.36. The van der Waals surface area contributed by atoms with Crippen LogP contribution >= 0.6 is 0 Å². The van der Waals surface area contributed by atoms with Gasteiger partial charge in [0.15, 0.2) is 0 Å². The van der Waals surface area contributed by atoms with E-state index in [0.717, 1.165) is 6.54 Å². The van der Waals surface area contributed by atoms with Gasteiger partial charge in [-0.2, -0.15) is 4.80 Å². The molecule has 0 bridgehead atoms. The summed E-state index contributed by atoms with van der Waals surface area (Å²) >= 11 is 0. The zero-order valence-corrected chi connectivity index (χ0v) is 9.06. The Morgan fingerprint density at radius 2 is 2.14 bits per heavy atom. The van der Waals surface area contributed by atoms with E-state index < -0.39 is 0 Å². The third-order valence-electron chi connectivity index (χ3n) is 1.39. The van der Waals surface area contributed by atoms with Crippen LogP contribution in [0.25, 0.3) is 6.08 Å². The van der Waals surface area contributed by atoms with Crippen molar-refractivity contribution >= 4 is 6.08 Å². The van der Waals surface area contributed by atoms with Crippen LogP contribution in [0.15, 0.2) is 6.26 Å². The van der Waals surface area contributed by atoms with Gasteiger partial charge in [-0.05, 0) is 32.9 Å².